The van der Waals surface area contributed by atoms with Crippen LogP contribution in [-0.4, -0.2) is 15.9 Å². The van der Waals surface area contributed by atoms with Crippen LogP contribution in [0.25, 0.3) is 0 Å². The number of H-pyrrole nitrogens is 1. The Morgan fingerprint density at radius 1 is 1.78 bits per heavy atom. The highest BCUT2D eigenvalue weighted by Gasteiger charge is 1.88. The summed E-state index contributed by atoms with van der Waals surface area (Å²) in [6.07, 6.45) is 2.47. The lowest BCUT2D eigenvalue weighted by Crippen LogP contribution is -2.22. The number of aromatic nitrogens is 2. The van der Waals surface area contributed by atoms with Gasteiger partial charge in [-0.2, -0.15) is 0 Å². The number of aromatic amines is 1. The van der Waals surface area contributed by atoms with Crippen LogP contribution in [0.3, 0.4) is 0 Å². The van der Waals surface area contributed by atoms with Crippen molar-refractivity contribution in [2.75, 3.05) is 0 Å². The number of rotatable bonds is 1. The smallest absolute Gasteiger partial charge is 0.0924 e. The van der Waals surface area contributed by atoms with Crippen LogP contribution in [0.5, 0.6) is 0 Å². The van der Waals surface area contributed by atoms with Crippen LogP contribution in [0.1, 0.15) is 10.5 Å². The molecule has 0 aliphatic rings. The second-order valence-electron chi connectivity index (χ2n) is 1.25. The molecular weight excluding hydrogens is 144 g/mol. The van der Waals surface area contributed by atoms with E-state index in [0.29, 0.717) is 0 Å². The van der Waals surface area contributed by atoms with Gasteiger partial charge in [-0.25, -0.2) is 4.98 Å². The first kappa shape index (κ1) is 7.97. The summed E-state index contributed by atoms with van der Waals surface area (Å²) in [7, 11) is 0. The number of halogens is 1. The lowest BCUT2D eigenvalue weighted by Gasteiger charge is -1.91. The summed E-state index contributed by atoms with van der Waals surface area (Å²) < 4.78 is 0. The fourth-order valence-corrected chi connectivity index (χ4v) is 0.368. The van der Waals surface area contributed by atoms with Crippen molar-refractivity contribution in [3.05, 3.63) is 18.2 Å². The molecule has 0 unspecified atom stereocenters. The molecule has 1 rings (SSSR count). The van der Waals surface area contributed by atoms with E-state index in [2.05, 4.69) is 9.97 Å². The Hall–Kier alpha value is -1.03. The molecule has 0 amide bonds. The molecule has 0 fully saturated rings. The normalized spacial score (nSPS) is 8.00. The minimum Gasteiger partial charge on any atom is -0.543 e. The van der Waals surface area contributed by atoms with E-state index in [0.717, 1.165) is 0 Å². The summed E-state index contributed by atoms with van der Waals surface area (Å²) in [6.45, 7) is 0. The number of nitrogens with zero attached hydrogens (tertiary/aromatic N) is 1. The average Bonchev–Trinajstić information content (AvgIpc) is 2.12. The Morgan fingerprint density at radius 2 is 2.44 bits per heavy atom. The van der Waals surface area contributed by atoms with E-state index < -0.39 is 5.97 Å². The highest BCUT2D eigenvalue weighted by molar-refractivity contribution is 5.85. The number of hydrogen-bond acceptors (Lipinski definition) is 3. The Balaban J connectivity index is 0.000000640. The van der Waals surface area contributed by atoms with Gasteiger partial charge in [0.25, 0.3) is 0 Å². The molecular formula is C4H4ClN2O2-. The number of nitrogens with one attached hydrogen (secondary N) is 1. The van der Waals surface area contributed by atoms with E-state index in [1.165, 1.54) is 12.5 Å². The van der Waals surface area contributed by atoms with E-state index >= 15 is 0 Å². The van der Waals surface area contributed by atoms with Gasteiger partial charge in [-0.15, -0.1) is 12.4 Å². The van der Waals surface area contributed by atoms with Gasteiger partial charge in [-0.1, -0.05) is 0 Å². The molecule has 9 heavy (non-hydrogen) atoms. The fourth-order valence-electron chi connectivity index (χ4n) is 0.368. The maximum atomic E-state index is 9.88. The Labute approximate surface area is 57.3 Å². The van der Waals surface area contributed by atoms with Gasteiger partial charge in [0, 0.05) is 0 Å². The van der Waals surface area contributed by atoms with E-state index in [1.807, 2.05) is 0 Å². The molecule has 5 heteroatoms. The predicted octanol–water partition coefficient (Wildman–Crippen LogP) is -0.805. The minimum atomic E-state index is -1.23. The monoisotopic (exact) mass is 147 g/mol. The SMILES string of the molecule is Cl.O=C([O-])c1cnc[nH]1. The van der Waals surface area contributed by atoms with E-state index in [1.54, 1.807) is 0 Å². The van der Waals surface area contributed by atoms with Crippen LogP contribution in [0, 0.1) is 0 Å². The quantitative estimate of drug-likeness (QED) is 0.565. The number of hydrogen-bond donors (Lipinski definition) is 1. The summed E-state index contributed by atoms with van der Waals surface area (Å²) in [6, 6.07) is 0. The molecule has 0 radical (unpaired) electrons. The second kappa shape index (κ2) is 3.09. The summed E-state index contributed by atoms with van der Waals surface area (Å²) in [5.41, 5.74) is 0.00463. The molecule has 0 saturated carbocycles. The van der Waals surface area contributed by atoms with Crippen molar-refractivity contribution < 1.29 is 9.90 Å². The van der Waals surface area contributed by atoms with Gasteiger partial charge in [0.05, 0.1) is 24.2 Å². The largest absolute Gasteiger partial charge is 0.543 e. The maximum Gasteiger partial charge on any atom is 0.0924 e. The Morgan fingerprint density at radius 3 is 2.67 bits per heavy atom. The van der Waals surface area contributed by atoms with Crippen LogP contribution in [-0.2, 0) is 0 Å². The van der Waals surface area contributed by atoms with Crippen molar-refractivity contribution in [1.29, 1.82) is 0 Å². The summed E-state index contributed by atoms with van der Waals surface area (Å²) in [5.74, 6) is -1.23. The van der Waals surface area contributed by atoms with Crippen LogP contribution in [0.15, 0.2) is 12.5 Å². The highest BCUT2D eigenvalue weighted by Crippen LogP contribution is 1.84. The zero-order chi connectivity index (χ0) is 5.98. The topological polar surface area (TPSA) is 68.8 Å². The van der Waals surface area contributed by atoms with Crippen molar-refractivity contribution >= 4 is 18.4 Å². The Kier molecular flexibility index (Phi) is 2.73. The second-order valence-corrected chi connectivity index (χ2v) is 1.25. The van der Waals surface area contributed by atoms with Gasteiger partial charge in [-0.05, 0) is 0 Å². The van der Waals surface area contributed by atoms with Crippen molar-refractivity contribution in [3.8, 4) is 0 Å². The number of carbonyl (C=O) groups excluding carboxylic acids is 1. The highest BCUT2D eigenvalue weighted by atomic mass is 35.5. The van der Waals surface area contributed by atoms with Gasteiger partial charge in [0.2, 0.25) is 0 Å². The van der Waals surface area contributed by atoms with Gasteiger partial charge in [0.1, 0.15) is 0 Å². The molecule has 0 atom stereocenters. The number of aromatic carboxylic acids is 1. The van der Waals surface area contributed by atoms with Gasteiger partial charge in [-0.3, -0.25) is 0 Å². The lowest BCUT2D eigenvalue weighted by atomic mass is 10.5. The van der Waals surface area contributed by atoms with Crippen molar-refractivity contribution in [2.45, 2.75) is 0 Å². The van der Waals surface area contributed by atoms with E-state index in [4.69, 9.17) is 0 Å². The van der Waals surface area contributed by atoms with Crippen LogP contribution in [0.4, 0.5) is 0 Å². The minimum absolute atomic E-state index is 0. The molecule has 1 aromatic heterocycles. The molecule has 4 nitrogen and oxygen atoms in total. The molecule has 1 N–H and O–H groups in total. The van der Waals surface area contributed by atoms with Crippen LogP contribution >= 0.6 is 12.4 Å². The molecule has 50 valence electrons. The third-order valence-corrected chi connectivity index (χ3v) is 0.718. The van der Waals surface area contributed by atoms with Crippen molar-refractivity contribution in [2.24, 2.45) is 0 Å². The molecule has 0 aliphatic heterocycles. The molecule has 1 aromatic rings. The van der Waals surface area contributed by atoms with E-state index in [-0.39, 0.29) is 18.1 Å². The maximum absolute atomic E-state index is 9.88. The first-order valence-electron chi connectivity index (χ1n) is 2.00. The van der Waals surface area contributed by atoms with Gasteiger partial charge < -0.3 is 14.9 Å². The standard InChI is InChI=1S/C4H4N2O2.ClH/c7-4(8)3-1-5-2-6-3;/h1-2H,(H,5,6)(H,7,8);1H/p-1. The Bertz CT molecular complexity index is 184. The van der Waals surface area contributed by atoms with Crippen LogP contribution in [0.2, 0.25) is 0 Å². The van der Waals surface area contributed by atoms with Gasteiger partial charge >= 0.3 is 0 Å². The number of carboxylic acid groups (broad SMARTS) is 1. The summed E-state index contributed by atoms with van der Waals surface area (Å²) in [5, 5.41) is 9.88. The lowest BCUT2D eigenvalue weighted by molar-refractivity contribution is -0.255. The zero-order valence-corrected chi connectivity index (χ0v) is 5.14. The third kappa shape index (κ3) is 1.73. The molecule has 0 bridgehead atoms. The summed E-state index contributed by atoms with van der Waals surface area (Å²) >= 11 is 0. The molecule has 0 saturated heterocycles. The van der Waals surface area contributed by atoms with Crippen molar-refractivity contribution in [3.63, 3.8) is 0 Å². The first-order chi connectivity index (χ1) is 3.80. The number of carbonyl (C=O) groups is 1. The summed E-state index contributed by atoms with van der Waals surface area (Å²) in [4.78, 5) is 15.7. The molecule has 0 aromatic carbocycles. The predicted molar refractivity (Wildman–Crippen MR) is 30.2 cm³/mol. The molecule has 0 aliphatic carbocycles. The molecule has 1 heterocycles. The molecule has 0 spiro atoms. The van der Waals surface area contributed by atoms with Crippen LogP contribution < -0.4 is 5.11 Å². The number of imidazole rings is 1. The average molecular weight is 148 g/mol. The first-order valence-corrected chi connectivity index (χ1v) is 2.00. The fraction of sp³-hybridized carbons (Fsp3) is 0. The van der Waals surface area contributed by atoms with E-state index in [9.17, 15) is 9.90 Å². The van der Waals surface area contributed by atoms with Gasteiger partial charge in [0.15, 0.2) is 0 Å². The van der Waals surface area contributed by atoms with Crippen molar-refractivity contribution in [1.82, 2.24) is 9.97 Å². The third-order valence-electron chi connectivity index (χ3n) is 0.718. The zero-order valence-electron chi connectivity index (χ0n) is 4.33. The number of carboxylic acids is 1.